The zero-order valence-corrected chi connectivity index (χ0v) is 38.3. The smallest absolute Gasteiger partial charge is 0.324 e. The van der Waals surface area contributed by atoms with Crippen LogP contribution in [0.5, 0.6) is 0 Å². The Morgan fingerprint density at radius 2 is 0.853 bits per heavy atom. The molecule has 14 nitrogen and oxygen atoms in total. The maximum atomic E-state index is 13.4. The molecule has 4 amide bonds. The Kier molecular flexibility index (Phi) is 16.5. The highest BCUT2D eigenvalue weighted by Gasteiger charge is 2.33. The van der Waals surface area contributed by atoms with E-state index >= 15 is 0 Å². The van der Waals surface area contributed by atoms with Gasteiger partial charge in [0.1, 0.15) is 11.4 Å². The lowest BCUT2D eigenvalue weighted by Gasteiger charge is -2.17. The number of benzene rings is 5. The number of Topliss-reactive ketones (excluding diaryl/α,β-unsaturated/α-hetero) is 2. The summed E-state index contributed by atoms with van der Waals surface area (Å²) in [5, 5.41) is 24.2. The molecule has 0 heterocycles. The highest BCUT2D eigenvalue weighted by atomic mass is 35.5. The maximum absolute atomic E-state index is 13.4. The first-order chi connectivity index (χ1) is 31.8. The van der Waals surface area contributed by atoms with Gasteiger partial charge in [0.25, 0.3) is 23.6 Å². The molecule has 0 aliphatic carbocycles. The third kappa shape index (κ3) is 12.6. The van der Waals surface area contributed by atoms with E-state index in [2.05, 4.69) is 41.7 Å². The van der Waals surface area contributed by atoms with Crippen LogP contribution in [0.25, 0.3) is 0 Å². The summed E-state index contributed by atoms with van der Waals surface area (Å²) in [6, 6.07) is 11.7. The van der Waals surface area contributed by atoms with Gasteiger partial charge in [-0.1, -0.05) is 58.5 Å². The monoisotopic (exact) mass is 1020 g/mol. The van der Waals surface area contributed by atoms with Gasteiger partial charge in [-0.25, -0.2) is 0 Å². The van der Waals surface area contributed by atoms with Crippen molar-refractivity contribution in [3.8, 4) is 0 Å². The number of azo groups is 2. The molecule has 2 unspecified atom stereocenters. The molecular formula is C44H32Cl4F6N8O6. The summed E-state index contributed by atoms with van der Waals surface area (Å²) in [7, 11) is 0. The maximum Gasteiger partial charge on any atom is 0.416 e. The third-order valence-corrected chi connectivity index (χ3v) is 11.1. The van der Waals surface area contributed by atoms with E-state index in [1.807, 2.05) is 0 Å². The Balaban J connectivity index is 1.27. The number of anilines is 4. The van der Waals surface area contributed by atoms with Crippen molar-refractivity contribution in [2.75, 3.05) is 21.3 Å². The van der Waals surface area contributed by atoms with Gasteiger partial charge in [-0.05, 0) is 112 Å². The standard InChI is InChI=1S/C44H32Cl4F6N8O6/c1-19-20(2)30(56-42(68)38(22(4)64)62-60-32-10-6-8-26(36(32)48)40(66)58-34-18-24(44(52,53)54)12-14-28(34)46)16-15-29(19)55-41(67)37(21(3)63)61-59-31-9-5-7-25(35(31)47)39(65)57-33-17-23(43(49,50)51)11-13-27(33)45/h5-18,37-38H,1-4H3,(H,55,67)(H,56,68)(H,57,65)(H,58,66). The van der Waals surface area contributed by atoms with Crippen LogP contribution in [0, 0.1) is 13.8 Å². The predicted molar refractivity (Wildman–Crippen MR) is 243 cm³/mol. The molecular weight excluding hydrogens is 992 g/mol. The van der Waals surface area contributed by atoms with Crippen molar-refractivity contribution >= 4 is 116 Å². The fourth-order valence-corrected chi connectivity index (χ4v) is 6.72. The fraction of sp³-hybridized carbons (Fsp3) is 0.182. The molecule has 5 aromatic rings. The summed E-state index contributed by atoms with van der Waals surface area (Å²) in [6.07, 6.45) is -9.44. The van der Waals surface area contributed by atoms with Gasteiger partial charge in [0.05, 0.1) is 53.7 Å². The second-order valence-corrected chi connectivity index (χ2v) is 16.0. The molecule has 68 heavy (non-hydrogen) atoms. The number of nitrogens with zero attached hydrogens (tertiary/aromatic N) is 4. The van der Waals surface area contributed by atoms with Crippen LogP contribution in [-0.2, 0) is 31.5 Å². The molecule has 24 heteroatoms. The summed E-state index contributed by atoms with van der Waals surface area (Å²) in [5.41, 5.74) is -2.54. The predicted octanol–water partition coefficient (Wildman–Crippen LogP) is 12.8. The molecule has 0 bridgehead atoms. The quantitative estimate of drug-likeness (QED) is 0.0484. The van der Waals surface area contributed by atoms with Crippen molar-refractivity contribution in [3.05, 3.63) is 138 Å². The highest BCUT2D eigenvalue weighted by molar-refractivity contribution is 6.38. The Labute approximate surface area is 401 Å². The summed E-state index contributed by atoms with van der Waals surface area (Å²) >= 11 is 24.8. The van der Waals surface area contributed by atoms with Crippen LogP contribution < -0.4 is 21.3 Å². The molecule has 0 spiro atoms. The van der Waals surface area contributed by atoms with E-state index in [1.54, 1.807) is 13.8 Å². The van der Waals surface area contributed by atoms with Crippen LogP contribution in [0.3, 0.4) is 0 Å². The molecule has 5 aromatic carbocycles. The normalized spacial score (nSPS) is 12.7. The minimum Gasteiger partial charge on any atom is -0.324 e. The molecule has 0 radical (unpaired) electrons. The van der Waals surface area contributed by atoms with Crippen molar-refractivity contribution in [2.24, 2.45) is 20.5 Å². The van der Waals surface area contributed by atoms with E-state index in [0.29, 0.717) is 23.3 Å². The first-order valence-corrected chi connectivity index (χ1v) is 20.8. The van der Waals surface area contributed by atoms with E-state index in [1.165, 1.54) is 48.5 Å². The Hall–Kier alpha value is -6.74. The average molecular weight is 1020 g/mol. The second-order valence-electron chi connectivity index (χ2n) is 14.4. The lowest BCUT2D eigenvalue weighted by atomic mass is 10.0. The van der Waals surface area contributed by atoms with Gasteiger partial charge < -0.3 is 21.3 Å². The number of amides is 4. The van der Waals surface area contributed by atoms with E-state index < -0.39 is 70.8 Å². The molecule has 354 valence electrons. The zero-order valence-electron chi connectivity index (χ0n) is 35.3. The van der Waals surface area contributed by atoms with Crippen LogP contribution in [0.15, 0.2) is 105 Å². The number of hydrogen-bond acceptors (Lipinski definition) is 10. The van der Waals surface area contributed by atoms with Gasteiger partial charge in [0.2, 0.25) is 12.1 Å². The Morgan fingerprint density at radius 1 is 0.500 bits per heavy atom. The first-order valence-electron chi connectivity index (χ1n) is 19.3. The molecule has 0 aliphatic heterocycles. The molecule has 4 N–H and O–H groups in total. The number of alkyl halides is 6. The van der Waals surface area contributed by atoms with E-state index in [4.69, 9.17) is 46.4 Å². The first kappa shape index (κ1) is 52.2. The second kappa shape index (κ2) is 21.5. The Morgan fingerprint density at radius 3 is 1.18 bits per heavy atom. The summed E-state index contributed by atoms with van der Waals surface area (Å²) < 4.78 is 79.5. The van der Waals surface area contributed by atoms with E-state index in [0.717, 1.165) is 38.1 Å². The largest absolute Gasteiger partial charge is 0.416 e. The summed E-state index contributed by atoms with van der Waals surface area (Å²) in [5.74, 6) is -5.30. The van der Waals surface area contributed by atoms with Gasteiger partial charge in [0.15, 0.2) is 11.6 Å². The van der Waals surface area contributed by atoms with Crippen LogP contribution in [0.2, 0.25) is 20.1 Å². The topological polar surface area (TPSA) is 200 Å². The van der Waals surface area contributed by atoms with Gasteiger partial charge in [0, 0.05) is 11.4 Å². The fourth-order valence-electron chi connectivity index (χ4n) is 5.89. The molecule has 0 fully saturated rings. The number of nitrogens with one attached hydrogen (secondary N) is 4. The molecule has 0 aromatic heterocycles. The van der Waals surface area contributed by atoms with Gasteiger partial charge in [-0.15, -0.1) is 0 Å². The summed E-state index contributed by atoms with van der Waals surface area (Å²) in [4.78, 5) is 78.1. The average Bonchev–Trinajstić information content (AvgIpc) is 3.25. The minimum atomic E-state index is -4.72. The number of carbonyl (C=O) groups is 6. The van der Waals surface area contributed by atoms with Crippen molar-refractivity contribution in [2.45, 2.75) is 52.1 Å². The van der Waals surface area contributed by atoms with Crippen LogP contribution in [0.1, 0.15) is 56.8 Å². The molecule has 5 rings (SSSR count). The number of ketones is 2. The zero-order chi connectivity index (χ0) is 50.4. The van der Waals surface area contributed by atoms with Crippen molar-refractivity contribution in [1.29, 1.82) is 0 Å². The van der Waals surface area contributed by atoms with Crippen LogP contribution in [0.4, 0.5) is 60.5 Å². The lowest BCUT2D eigenvalue weighted by molar-refractivity contribution is -0.138. The van der Waals surface area contributed by atoms with Gasteiger partial charge in [-0.2, -0.15) is 46.8 Å². The number of carbonyl (C=O) groups excluding carboxylic acids is 6. The SMILES string of the molecule is CC(=O)C(N=Nc1cccc(C(=O)Nc2cc(C(F)(F)F)ccc2Cl)c1Cl)C(=O)Nc1ccc(NC(=O)C(N=Nc2cccc(C(=O)Nc3cc(C(F)(F)F)ccc3Cl)c2Cl)C(C)=O)c(C)c1C. The number of rotatable bonds is 14. The van der Waals surface area contributed by atoms with Crippen LogP contribution in [-0.4, -0.2) is 47.3 Å². The van der Waals surface area contributed by atoms with Crippen molar-refractivity contribution in [1.82, 2.24) is 0 Å². The lowest BCUT2D eigenvalue weighted by Crippen LogP contribution is -2.33. The number of hydrogen-bond donors (Lipinski definition) is 4. The van der Waals surface area contributed by atoms with Crippen LogP contribution >= 0.6 is 46.4 Å². The van der Waals surface area contributed by atoms with Crippen molar-refractivity contribution in [3.63, 3.8) is 0 Å². The highest BCUT2D eigenvalue weighted by Crippen LogP contribution is 2.37. The third-order valence-electron chi connectivity index (χ3n) is 9.66. The molecule has 0 saturated carbocycles. The minimum absolute atomic E-state index is 0.175. The molecule has 2 atom stereocenters. The van der Waals surface area contributed by atoms with Crippen molar-refractivity contribution < 1.29 is 55.1 Å². The summed E-state index contributed by atoms with van der Waals surface area (Å²) in [6.45, 7) is 5.27. The van der Waals surface area contributed by atoms with E-state index in [-0.39, 0.29) is 65.3 Å². The number of halogens is 10. The molecule has 0 saturated heterocycles. The van der Waals surface area contributed by atoms with E-state index in [9.17, 15) is 55.1 Å². The van der Waals surface area contributed by atoms with Gasteiger partial charge in [-0.3, -0.25) is 28.8 Å². The molecule has 0 aliphatic rings. The Bertz CT molecular complexity index is 2740. The van der Waals surface area contributed by atoms with Gasteiger partial charge >= 0.3 is 12.4 Å².